The second kappa shape index (κ2) is 6.42. The summed E-state index contributed by atoms with van der Waals surface area (Å²) in [6.45, 7) is 12.9. The molecule has 1 aliphatic rings. The zero-order valence-corrected chi connectivity index (χ0v) is 13.5. The first-order valence-electron chi connectivity index (χ1n) is 7.97. The van der Waals surface area contributed by atoms with E-state index in [0.717, 1.165) is 37.0 Å². The normalized spacial score (nSPS) is 14.7. The van der Waals surface area contributed by atoms with E-state index in [1.807, 2.05) is 0 Å². The number of nitrogens with zero attached hydrogens (tertiary/aromatic N) is 3. The lowest BCUT2D eigenvalue weighted by atomic mass is 10.2. The summed E-state index contributed by atoms with van der Waals surface area (Å²) in [5, 5.41) is 3.40. The molecule has 0 atom stereocenters. The van der Waals surface area contributed by atoms with Gasteiger partial charge in [-0.2, -0.15) is 0 Å². The third-order valence-electron chi connectivity index (χ3n) is 3.78. The van der Waals surface area contributed by atoms with E-state index in [2.05, 4.69) is 44.8 Å². The third-order valence-corrected chi connectivity index (χ3v) is 3.78. The second-order valence-electron chi connectivity index (χ2n) is 5.97. The molecule has 0 aromatic carbocycles. The Hall–Kier alpha value is -1.32. The number of hydrogen-bond acceptors (Lipinski definition) is 4. The first-order chi connectivity index (χ1) is 9.58. The van der Waals surface area contributed by atoms with Gasteiger partial charge in [0.2, 0.25) is 0 Å². The van der Waals surface area contributed by atoms with Crippen molar-refractivity contribution in [2.24, 2.45) is 0 Å². The fraction of sp³-hybridized carbons (Fsp3) is 0.750. The Bertz CT molecular complexity index is 452. The van der Waals surface area contributed by atoms with Crippen LogP contribution in [0, 0.1) is 6.92 Å². The highest BCUT2D eigenvalue weighted by Gasteiger charge is 2.29. The minimum absolute atomic E-state index is 0.463. The number of rotatable bonds is 7. The van der Waals surface area contributed by atoms with Gasteiger partial charge in [0, 0.05) is 30.6 Å². The van der Waals surface area contributed by atoms with E-state index in [1.165, 1.54) is 18.4 Å². The monoisotopic (exact) mass is 276 g/mol. The topological polar surface area (TPSA) is 41.1 Å². The molecule has 1 aromatic heterocycles. The number of aromatic nitrogens is 2. The molecule has 1 aliphatic carbocycles. The lowest BCUT2D eigenvalue weighted by Gasteiger charge is -2.30. The number of hydrogen-bond donors (Lipinski definition) is 1. The minimum atomic E-state index is 0.463. The summed E-state index contributed by atoms with van der Waals surface area (Å²) in [7, 11) is 0. The van der Waals surface area contributed by atoms with Crippen LogP contribution in [0.5, 0.6) is 0 Å². The molecule has 0 saturated heterocycles. The fourth-order valence-electron chi connectivity index (χ4n) is 2.51. The smallest absolute Gasteiger partial charge is 0.137 e. The summed E-state index contributed by atoms with van der Waals surface area (Å²) < 4.78 is 0. The molecule has 20 heavy (non-hydrogen) atoms. The van der Waals surface area contributed by atoms with Crippen LogP contribution in [0.2, 0.25) is 0 Å². The van der Waals surface area contributed by atoms with Gasteiger partial charge in [0.1, 0.15) is 17.5 Å². The molecule has 0 unspecified atom stereocenters. The molecule has 112 valence electrons. The molecular weight excluding hydrogens is 248 g/mol. The average molecular weight is 276 g/mol. The van der Waals surface area contributed by atoms with Crippen molar-refractivity contribution in [1.82, 2.24) is 9.97 Å². The highest BCUT2D eigenvalue weighted by Crippen LogP contribution is 2.40. The summed E-state index contributed by atoms with van der Waals surface area (Å²) in [6.07, 6.45) is 3.62. The molecule has 4 heteroatoms. The SMILES string of the molecule is CCCN(c1nc(C2CC2)nc(NCC)c1C)C(C)C. The van der Waals surface area contributed by atoms with Crippen LogP contribution in [-0.2, 0) is 0 Å². The van der Waals surface area contributed by atoms with Crippen molar-refractivity contribution in [3.63, 3.8) is 0 Å². The molecule has 0 amide bonds. The first-order valence-corrected chi connectivity index (χ1v) is 7.97. The van der Waals surface area contributed by atoms with Crippen LogP contribution in [-0.4, -0.2) is 29.1 Å². The van der Waals surface area contributed by atoms with Crippen molar-refractivity contribution in [1.29, 1.82) is 0 Å². The number of nitrogens with one attached hydrogen (secondary N) is 1. The van der Waals surface area contributed by atoms with Crippen LogP contribution in [0.1, 0.15) is 64.3 Å². The van der Waals surface area contributed by atoms with Crippen molar-refractivity contribution in [3.05, 3.63) is 11.4 Å². The summed E-state index contributed by atoms with van der Waals surface area (Å²) in [4.78, 5) is 12.0. The van der Waals surface area contributed by atoms with Crippen LogP contribution in [0.4, 0.5) is 11.6 Å². The molecule has 1 saturated carbocycles. The third kappa shape index (κ3) is 3.22. The van der Waals surface area contributed by atoms with Gasteiger partial charge in [0.15, 0.2) is 0 Å². The van der Waals surface area contributed by atoms with Crippen LogP contribution < -0.4 is 10.2 Å². The molecular formula is C16H28N4. The van der Waals surface area contributed by atoms with E-state index in [4.69, 9.17) is 9.97 Å². The van der Waals surface area contributed by atoms with Crippen LogP contribution in [0.3, 0.4) is 0 Å². The molecule has 0 spiro atoms. The second-order valence-corrected chi connectivity index (χ2v) is 5.97. The zero-order valence-electron chi connectivity index (χ0n) is 13.5. The molecule has 2 rings (SSSR count). The molecule has 1 N–H and O–H groups in total. The van der Waals surface area contributed by atoms with E-state index in [0.29, 0.717) is 12.0 Å². The maximum atomic E-state index is 4.89. The van der Waals surface area contributed by atoms with Crippen LogP contribution >= 0.6 is 0 Å². The van der Waals surface area contributed by atoms with E-state index in [9.17, 15) is 0 Å². The summed E-state index contributed by atoms with van der Waals surface area (Å²) in [5.41, 5.74) is 1.18. The average Bonchev–Trinajstić information content (AvgIpc) is 3.23. The fourth-order valence-corrected chi connectivity index (χ4v) is 2.51. The van der Waals surface area contributed by atoms with Gasteiger partial charge < -0.3 is 10.2 Å². The Labute approximate surface area is 123 Å². The first kappa shape index (κ1) is 15.1. The summed E-state index contributed by atoms with van der Waals surface area (Å²) in [5.74, 6) is 3.75. The predicted molar refractivity (Wildman–Crippen MR) is 85.7 cm³/mol. The van der Waals surface area contributed by atoms with Crippen LogP contribution in [0.25, 0.3) is 0 Å². The van der Waals surface area contributed by atoms with Gasteiger partial charge in [0.05, 0.1) is 0 Å². The lowest BCUT2D eigenvalue weighted by Crippen LogP contribution is -2.33. The highest BCUT2D eigenvalue weighted by molar-refractivity contribution is 5.59. The van der Waals surface area contributed by atoms with Gasteiger partial charge in [-0.15, -0.1) is 0 Å². The Morgan fingerprint density at radius 2 is 1.95 bits per heavy atom. The highest BCUT2D eigenvalue weighted by atomic mass is 15.2. The molecule has 1 aromatic rings. The molecule has 1 heterocycles. The van der Waals surface area contributed by atoms with E-state index < -0.39 is 0 Å². The predicted octanol–water partition coefficient (Wildman–Crippen LogP) is 3.72. The quantitative estimate of drug-likeness (QED) is 0.824. The van der Waals surface area contributed by atoms with Crippen molar-refractivity contribution in [3.8, 4) is 0 Å². The van der Waals surface area contributed by atoms with E-state index >= 15 is 0 Å². The number of anilines is 2. The summed E-state index contributed by atoms with van der Waals surface area (Å²) >= 11 is 0. The van der Waals surface area contributed by atoms with Gasteiger partial charge in [-0.05, 0) is 47.0 Å². The van der Waals surface area contributed by atoms with Crippen molar-refractivity contribution in [2.75, 3.05) is 23.3 Å². The van der Waals surface area contributed by atoms with Crippen molar-refractivity contribution < 1.29 is 0 Å². The largest absolute Gasteiger partial charge is 0.370 e. The Balaban J connectivity index is 2.42. The maximum absolute atomic E-state index is 4.89. The van der Waals surface area contributed by atoms with E-state index in [-0.39, 0.29) is 0 Å². The zero-order chi connectivity index (χ0) is 14.7. The molecule has 4 nitrogen and oxygen atoms in total. The van der Waals surface area contributed by atoms with Gasteiger partial charge in [-0.3, -0.25) is 0 Å². The lowest BCUT2D eigenvalue weighted by molar-refractivity contribution is 0.655. The van der Waals surface area contributed by atoms with E-state index in [1.54, 1.807) is 0 Å². The Kier molecular flexibility index (Phi) is 4.84. The van der Waals surface area contributed by atoms with Gasteiger partial charge >= 0.3 is 0 Å². The van der Waals surface area contributed by atoms with Gasteiger partial charge in [-0.1, -0.05) is 6.92 Å². The van der Waals surface area contributed by atoms with Gasteiger partial charge in [-0.25, -0.2) is 9.97 Å². The minimum Gasteiger partial charge on any atom is -0.370 e. The maximum Gasteiger partial charge on any atom is 0.137 e. The molecule has 0 bridgehead atoms. The standard InChI is InChI=1S/C16H28N4/c1-6-10-20(11(3)4)16-12(5)14(17-7-2)18-15(19-16)13-8-9-13/h11,13H,6-10H2,1-5H3,(H,17,18,19). The van der Waals surface area contributed by atoms with Crippen LogP contribution in [0.15, 0.2) is 0 Å². The molecule has 0 radical (unpaired) electrons. The van der Waals surface area contributed by atoms with Crippen molar-refractivity contribution in [2.45, 2.75) is 65.8 Å². The Morgan fingerprint density at radius 1 is 1.25 bits per heavy atom. The van der Waals surface area contributed by atoms with Crippen molar-refractivity contribution >= 4 is 11.6 Å². The van der Waals surface area contributed by atoms with Gasteiger partial charge in [0.25, 0.3) is 0 Å². The molecule has 0 aliphatic heterocycles. The molecule has 1 fully saturated rings. The summed E-state index contributed by atoms with van der Waals surface area (Å²) in [6, 6.07) is 0.463. The Morgan fingerprint density at radius 3 is 2.45 bits per heavy atom.